The molecule has 3 unspecified atom stereocenters. The number of sulfonamides is 1. The first-order valence-electron chi connectivity index (χ1n) is 14.6. The van der Waals surface area contributed by atoms with Crippen molar-refractivity contribution in [2.24, 2.45) is 5.10 Å². The summed E-state index contributed by atoms with van der Waals surface area (Å²) in [5, 5.41) is 8.27. The van der Waals surface area contributed by atoms with Crippen molar-refractivity contribution in [2.75, 3.05) is 19.7 Å². The molecule has 1 fully saturated rings. The Balaban J connectivity index is 1.19. The third-order valence-corrected chi connectivity index (χ3v) is 9.68. The van der Waals surface area contributed by atoms with Crippen LogP contribution in [0.5, 0.6) is 0 Å². The average Bonchev–Trinajstić information content (AvgIpc) is 3.49. The van der Waals surface area contributed by atoms with Gasteiger partial charge in [0, 0.05) is 19.5 Å². The molecule has 2 aliphatic rings. The van der Waals surface area contributed by atoms with Crippen molar-refractivity contribution in [3.63, 3.8) is 0 Å². The van der Waals surface area contributed by atoms with Crippen LogP contribution in [0.15, 0.2) is 107 Å². The topological polar surface area (TPSA) is 106 Å². The summed E-state index contributed by atoms with van der Waals surface area (Å²) in [7, 11) is -3.86. The lowest BCUT2D eigenvalue weighted by Gasteiger charge is -2.34. The number of nitrogens with zero attached hydrogens (tertiary/aromatic N) is 3. The number of rotatable bonds is 7. The van der Waals surface area contributed by atoms with Crippen LogP contribution >= 0.6 is 0 Å². The molecule has 0 spiro atoms. The van der Waals surface area contributed by atoms with Gasteiger partial charge in [-0.1, -0.05) is 72.8 Å². The fourth-order valence-electron chi connectivity index (χ4n) is 5.75. The zero-order valence-corrected chi connectivity index (χ0v) is 25.3. The highest BCUT2D eigenvalue weighted by Crippen LogP contribution is 2.33. The van der Waals surface area contributed by atoms with Gasteiger partial charge in [0.05, 0.1) is 34.4 Å². The van der Waals surface area contributed by atoms with E-state index in [1.54, 1.807) is 0 Å². The molecular weight excluding hydrogens is 578 g/mol. The van der Waals surface area contributed by atoms with Gasteiger partial charge in [-0.15, -0.1) is 0 Å². The van der Waals surface area contributed by atoms with Crippen LogP contribution < -0.4 is 0 Å². The fourth-order valence-corrected chi connectivity index (χ4v) is 7.39. The minimum absolute atomic E-state index is 0.0205. The maximum absolute atomic E-state index is 13.5. The van der Waals surface area contributed by atoms with Gasteiger partial charge >= 0.3 is 5.97 Å². The molecule has 9 nitrogen and oxygen atoms in total. The Morgan fingerprint density at radius 1 is 0.864 bits per heavy atom. The van der Waals surface area contributed by atoms with E-state index in [1.807, 2.05) is 80.6 Å². The highest BCUT2D eigenvalue weighted by molar-refractivity contribution is 7.89. The van der Waals surface area contributed by atoms with Gasteiger partial charge in [-0.25, -0.2) is 18.2 Å². The van der Waals surface area contributed by atoms with Crippen molar-refractivity contribution < 1.29 is 27.5 Å². The first-order valence-corrected chi connectivity index (χ1v) is 16.0. The lowest BCUT2D eigenvalue weighted by atomic mass is 9.97. The van der Waals surface area contributed by atoms with Gasteiger partial charge in [0.1, 0.15) is 0 Å². The molecule has 0 aliphatic carbocycles. The lowest BCUT2D eigenvalue weighted by molar-refractivity contribution is -0.136. The second-order valence-corrected chi connectivity index (χ2v) is 13.1. The number of morpholine rings is 1. The number of carbonyl (C=O) groups excluding carboxylic acids is 2. The molecule has 226 valence electrons. The molecule has 1 saturated heterocycles. The van der Waals surface area contributed by atoms with E-state index in [0.29, 0.717) is 6.42 Å². The molecule has 3 atom stereocenters. The second kappa shape index (κ2) is 12.3. The van der Waals surface area contributed by atoms with Crippen LogP contribution in [-0.4, -0.2) is 67.2 Å². The number of fused-ring (bicyclic) bond motifs is 1. The third-order valence-electron chi connectivity index (χ3n) is 7.85. The highest BCUT2D eigenvalue weighted by atomic mass is 32.2. The quantitative estimate of drug-likeness (QED) is 0.267. The number of carbonyl (C=O) groups is 2. The van der Waals surface area contributed by atoms with Crippen LogP contribution in [0.25, 0.3) is 10.8 Å². The number of hydrogen-bond acceptors (Lipinski definition) is 7. The standard InChI is InChI=1S/C34H33N3O6S/c1-23-20-36(21-24(2)43-23)44(40,41)30-14-8-13-29(18-30)34(39)42-22-33(38)37-32(26-10-4-3-5-11-26)19-31(35-37)28-16-15-25-9-6-7-12-27(25)17-28/h3-18,23-24,32H,19-22H2,1-2H3. The van der Waals surface area contributed by atoms with Gasteiger partial charge in [-0.3, -0.25) is 4.79 Å². The van der Waals surface area contributed by atoms with Crippen LogP contribution in [0.3, 0.4) is 0 Å². The van der Waals surface area contributed by atoms with E-state index in [1.165, 1.54) is 33.6 Å². The normalized spacial score (nSPS) is 20.8. The Labute approximate surface area is 256 Å². The monoisotopic (exact) mass is 611 g/mol. The van der Waals surface area contributed by atoms with Crippen molar-refractivity contribution in [2.45, 2.75) is 43.4 Å². The van der Waals surface area contributed by atoms with E-state index in [-0.39, 0.29) is 41.8 Å². The molecule has 44 heavy (non-hydrogen) atoms. The molecule has 6 rings (SSSR count). The molecule has 10 heteroatoms. The molecule has 0 N–H and O–H groups in total. The summed E-state index contributed by atoms with van der Waals surface area (Å²) in [5.41, 5.74) is 2.62. The van der Waals surface area contributed by atoms with Crippen molar-refractivity contribution in [1.29, 1.82) is 0 Å². The summed E-state index contributed by atoms with van der Waals surface area (Å²) in [6.07, 6.45) is 0.00515. The summed E-state index contributed by atoms with van der Waals surface area (Å²) >= 11 is 0. The maximum atomic E-state index is 13.5. The van der Waals surface area contributed by atoms with Crippen LogP contribution in [0.4, 0.5) is 0 Å². The molecule has 4 aromatic rings. The Morgan fingerprint density at radius 2 is 1.57 bits per heavy atom. The number of hydrazone groups is 1. The minimum Gasteiger partial charge on any atom is -0.452 e. The molecular formula is C34H33N3O6S. The van der Waals surface area contributed by atoms with Gasteiger partial charge < -0.3 is 9.47 Å². The minimum atomic E-state index is -3.86. The Hall–Kier alpha value is -4.38. The zero-order valence-electron chi connectivity index (χ0n) is 24.5. The van der Waals surface area contributed by atoms with E-state index in [0.717, 1.165) is 27.6 Å². The third kappa shape index (κ3) is 6.14. The zero-order chi connectivity index (χ0) is 30.8. The molecule has 0 saturated carbocycles. The number of benzene rings is 4. The smallest absolute Gasteiger partial charge is 0.338 e. The van der Waals surface area contributed by atoms with Crippen molar-refractivity contribution in [1.82, 2.24) is 9.31 Å². The fraction of sp³-hybridized carbons (Fsp3) is 0.265. The molecule has 2 aliphatic heterocycles. The molecule has 4 aromatic carbocycles. The average molecular weight is 612 g/mol. The summed E-state index contributed by atoms with van der Waals surface area (Å²) in [4.78, 5) is 26.5. The van der Waals surface area contributed by atoms with E-state index in [2.05, 4.69) is 6.07 Å². The SMILES string of the molecule is CC1CN(S(=O)(=O)c2cccc(C(=O)OCC(=O)N3N=C(c4ccc5ccccc5c4)CC3c3ccccc3)c2)CC(C)O1. The summed E-state index contributed by atoms with van der Waals surface area (Å²) in [5.74, 6) is -1.28. The van der Waals surface area contributed by atoms with Gasteiger partial charge in [0.2, 0.25) is 10.0 Å². The molecule has 0 aromatic heterocycles. The van der Waals surface area contributed by atoms with Crippen LogP contribution in [0, 0.1) is 0 Å². The number of amides is 1. The summed E-state index contributed by atoms with van der Waals surface area (Å²) in [6, 6.07) is 29.1. The highest BCUT2D eigenvalue weighted by Gasteiger charge is 2.35. The van der Waals surface area contributed by atoms with Gasteiger partial charge in [0.15, 0.2) is 6.61 Å². The van der Waals surface area contributed by atoms with Crippen molar-refractivity contribution in [3.8, 4) is 0 Å². The molecule has 2 heterocycles. The van der Waals surface area contributed by atoms with Crippen LogP contribution in [0.1, 0.15) is 47.8 Å². The lowest BCUT2D eigenvalue weighted by Crippen LogP contribution is -2.48. The molecule has 1 amide bonds. The predicted octanol–water partition coefficient (Wildman–Crippen LogP) is 5.17. The van der Waals surface area contributed by atoms with Gasteiger partial charge in [0.25, 0.3) is 5.91 Å². The first kappa shape index (κ1) is 29.7. The number of hydrogen-bond donors (Lipinski definition) is 0. The Kier molecular flexibility index (Phi) is 8.31. The molecule has 0 bridgehead atoms. The second-order valence-electron chi connectivity index (χ2n) is 11.2. The largest absolute Gasteiger partial charge is 0.452 e. The van der Waals surface area contributed by atoms with Gasteiger partial charge in [-0.2, -0.15) is 9.41 Å². The van der Waals surface area contributed by atoms with E-state index >= 15 is 0 Å². The summed E-state index contributed by atoms with van der Waals surface area (Å²) < 4.78 is 39.1. The van der Waals surface area contributed by atoms with Crippen LogP contribution in [-0.2, 0) is 24.3 Å². The number of esters is 1. The Morgan fingerprint density at radius 3 is 2.32 bits per heavy atom. The summed E-state index contributed by atoms with van der Waals surface area (Å²) in [6.45, 7) is 3.53. The van der Waals surface area contributed by atoms with E-state index in [4.69, 9.17) is 14.6 Å². The van der Waals surface area contributed by atoms with E-state index < -0.39 is 28.5 Å². The molecule has 0 radical (unpaired) electrons. The maximum Gasteiger partial charge on any atom is 0.338 e. The van der Waals surface area contributed by atoms with Crippen molar-refractivity contribution >= 4 is 38.4 Å². The Bertz CT molecular complexity index is 1830. The first-order chi connectivity index (χ1) is 21.2. The van der Waals surface area contributed by atoms with E-state index in [9.17, 15) is 18.0 Å². The van der Waals surface area contributed by atoms with Crippen LogP contribution in [0.2, 0.25) is 0 Å². The van der Waals surface area contributed by atoms with Gasteiger partial charge in [-0.05, 0) is 60.0 Å². The van der Waals surface area contributed by atoms with Crippen molar-refractivity contribution in [3.05, 3.63) is 114 Å². The predicted molar refractivity (Wildman–Crippen MR) is 167 cm³/mol. The number of ether oxygens (including phenoxy) is 2.